The third-order valence-electron chi connectivity index (χ3n) is 2.64. The van der Waals surface area contributed by atoms with Crippen LogP contribution in [-0.2, 0) is 0 Å². The van der Waals surface area contributed by atoms with E-state index in [0.717, 1.165) is 17.8 Å². The van der Waals surface area contributed by atoms with Crippen LogP contribution in [0.1, 0.15) is 19.4 Å². The molecular formula is C13H15NO. The number of benzene rings is 1. The summed E-state index contributed by atoms with van der Waals surface area (Å²) in [4.78, 5) is 4.46. The average molecular weight is 201 g/mol. The first-order chi connectivity index (χ1) is 7.16. The van der Waals surface area contributed by atoms with Crippen LogP contribution in [0.25, 0.3) is 0 Å². The summed E-state index contributed by atoms with van der Waals surface area (Å²) in [6, 6.07) is 7.23. The second-order valence-corrected chi connectivity index (χ2v) is 4.13. The minimum atomic E-state index is 0.293. The zero-order valence-corrected chi connectivity index (χ0v) is 9.07. The third kappa shape index (κ3) is 2.09. The van der Waals surface area contributed by atoms with Crippen molar-refractivity contribution in [2.45, 2.75) is 13.8 Å². The summed E-state index contributed by atoms with van der Waals surface area (Å²) in [5, 5.41) is 9.37. The molecule has 0 aromatic heterocycles. The summed E-state index contributed by atoms with van der Waals surface area (Å²) in [5.41, 5.74) is 3.33. The van der Waals surface area contributed by atoms with Gasteiger partial charge in [-0.1, -0.05) is 26.0 Å². The van der Waals surface area contributed by atoms with E-state index in [1.807, 2.05) is 12.1 Å². The molecule has 1 aromatic rings. The minimum absolute atomic E-state index is 0.293. The van der Waals surface area contributed by atoms with Crippen molar-refractivity contribution in [3.63, 3.8) is 0 Å². The second-order valence-electron chi connectivity index (χ2n) is 4.13. The number of phenolic OH excluding ortho intramolecular Hbond substituents is 1. The smallest absolute Gasteiger partial charge is 0.116 e. The summed E-state index contributed by atoms with van der Waals surface area (Å²) >= 11 is 0. The molecule has 2 nitrogen and oxygen atoms in total. The predicted molar refractivity (Wildman–Crippen MR) is 62.4 cm³/mol. The highest BCUT2D eigenvalue weighted by molar-refractivity contribution is 6.10. The van der Waals surface area contributed by atoms with Crippen LogP contribution in [0.3, 0.4) is 0 Å². The fourth-order valence-electron chi connectivity index (χ4n) is 1.63. The number of phenols is 1. The van der Waals surface area contributed by atoms with E-state index in [-0.39, 0.29) is 0 Å². The standard InChI is InChI=1S/C13H15NO/c1-9(2)11-7-13(14-8-11)10-4-3-5-12(15)6-10/h3-7,9,15H,8H2,1-2H3. The Morgan fingerprint density at radius 2 is 2.13 bits per heavy atom. The molecule has 0 aliphatic carbocycles. The first kappa shape index (κ1) is 9.97. The van der Waals surface area contributed by atoms with Gasteiger partial charge in [0.1, 0.15) is 5.75 Å². The maximum Gasteiger partial charge on any atom is 0.116 e. The van der Waals surface area contributed by atoms with Crippen LogP contribution in [0.4, 0.5) is 0 Å². The molecule has 0 spiro atoms. The Hall–Kier alpha value is -1.57. The van der Waals surface area contributed by atoms with Crippen molar-refractivity contribution in [2.24, 2.45) is 10.9 Å². The Labute approximate surface area is 90.0 Å². The number of hydrogen-bond acceptors (Lipinski definition) is 2. The molecule has 2 rings (SSSR count). The molecule has 0 saturated carbocycles. The lowest BCUT2D eigenvalue weighted by Crippen LogP contribution is -1.95. The maximum atomic E-state index is 9.37. The van der Waals surface area contributed by atoms with Crippen molar-refractivity contribution in [1.82, 2.24) is 0 Å². The zero-order valence-electron chi connectivity index (χ0n) is 9.07. The lowest BCUT2D eigenvalue weighted by Gasteiger charge is -2.02. The summed E-state index contributed by atoms with van der Waals surface area (Å²) in [6.45, 7) is 5.14. The van der Waals surface area contributed by atoms with Crippen molar-refractivity contribution in [2.75, 3.05) is 6.54 Å². The first-order valence-electron chi connectivity index (χ1n) is 5.21. The van der Waals surface area contributed by atoms with Gasteiger partial charge in [-0.05, 0) is 29.7 Å². The molecule has 1 aliphatic heterocycles. The van der Waals surface area contributed by atoms with Gasteiger partial charge >= 0.3 is 0 Å². The van der Waals surface area contributed by atoms with Crippen molar-refractivity contribution < 1.29 is 5.11 Å². The second kappa shape index (κ2) is 3.89. The van der Waals surface area contributed by atoms with E-state index in [0.29, 0.717) is 11.7 Å². The Bertz CT molecular complexity index is 430. The van der Waals surface area contributed by atoms with Crippen LogP contribution in [0.2, 0.25) is 0 Å². The molecule has 15 heavy (non-hydrogen) atoms. The fraction of sp³-hybridized carbons (Fsp3) is 0.308. The number of aliphatic imine (C=N–C) groups is 1. The number of rotatable bonds is 2. The summed E-state index contributed by atoms with van der Waals surface area (Å²) in [6.07, 6.45) is 2.12. The molecule has 1 aliphatic rings. The number of nitrogens with zero attached hydrogens (tertiary/aromatic N) is 1. The number of allylic oxidation sites excluding steroid dienone is 1. The van der Waals surface area contributed by atoms with E-state index >= 15 is 0 Å². The van der Waals surface area contributed by atoms with E-state index < -0.39 is 0 Å². The van der Waals surface area contributed by atoms with Gasteiger partial charge in [-0.25, -0.2) is 0 Å². The van der Waals surface area contributed by atoms with E-state index in [1.54, 1.807) is 12.1 Å². The lowest BCUT2D eigenvalue weighted by molar-refractivity contribution is 0.475. The molecular weight excluding hydrogens is 186 g/mol. The molecule has 0 amide bonds. The molecule has 0 fully saturated rings. The summed E-state index contributed by atoms with van der Waals surface area (Å²) < 4.78 is 0. The molecule has 0 atom stereocenters. The van der Waals surface area contributed by atoms with E-state index in [1.165, 1.54) is 5.57 Å². The van der Waals surface area contributed by atoms with E-state index in [4.69, 9.17) is 0 Å². The third-order valence-corrected chi connectivity index (χ3v) is 2.64. The van der Waals surface area contributed by atoms with Crippen molar-refractivity contribution in [3.8, 4) is 5.75 Å². The van der Waals surface area contributed by atoms with Crippen molar-refractivity contribution >= 4 is 5.71 Å². The Morgan fingerprint density at radius 3 is 2.73 bits per heavy atom. The van der Waals surface area contributed by atoms with Gasteiger partial charge in [-0.15, -0.1) is 0 Å². The lowest BCUT2D eigenvalue weighted by atomic mass is 10.0. The van der Waals surface area contributed by atoms with Crippen molar-refractivity contribution in [3.05, 3.63) is 41.5 Å². The summed E-state index contributed by atoms with van der Waals surface area (Å²) in [7, 11) is 0. The van der Waals surface area contributed by atoms with Crippen LogP contribution in [0.15, 0.2) is 40.9 Å². The molecule has 0 bridgehead atoms. The van der Waals surface area contributed by atoms with Gasteiger partial charge in [0.25, 0.3) is 0 Å². The van der Waals surface area contributed by atoms with Crippen LogP contribution in [0, 0.1) is 5.92 Å². The largest absolute Gasteiger partial charge is 0.508 e. The Balaban J connectivity index is 2.27. The maximum absolute atomic E-state index is 9.37. The highest BCUT2D eigenvalue weighted by atomic mass is 16.3. The van der Waals surface area contributed by atoms with Crippen molar-refractivity contribution in [1.29, 1.82) is 0 Å². The summed E-state index contributed by atoms with van der Waals surface area (Å²) in [5.74, 6) is 0.838. The Morgan fingerprint density at radius 1 is 1.33 bits per heavy atom. The van der Waals surface area contributed by atoms with Gasteiger partial charge in [-0.2, -0.15) is 0 Å². The molecule has 0 radical (unpaired) electrons. The molecule has 0 saturated heterocycles. The Kier molecular flexibility index (Phi) is 2.58. The molecule has 78 valence electrons. The molecule has 1 heterocycles. The SMILES string of the molecule is CC(C)C1=CC(c2cccc(O)c2)=NC1. The molecule has 2 heteroatoms. The fourth-order valence-corrected chi connectivity index (χ4v) is 1.63. The molecule has 1 aromatic carbocycles. The highest BCUT2D eigenvalue weighted by Crippen LogP contribution is 2.20. The predicted octanol–water partition coefficient (Wildman–Crippen LogP) is 2.78. The number of hydrogen-bond donors (Lipinski definition) is 1. The van der Waals surface area contributed by atoms with Gasteiger partial charge < -0.3 is 5.11 Å². The highest BCUT2D eigenvalue weighted by Gasteiger charge is 2.12. The van der Waals surface area contributed by atoms with Gasteiger partial charge in [-0.3, -0.25) is 4.99 Å². The van der Waals surface area contributed by atoms with Crippen LogP contribution >= 0.6 is 0 Å². The normalized spacial score (nSPS) is 15.4. The van der Waals surface area contributed by atoms with Crippen LogP contribution in [-0.4, -0.2) is 17.4 Å². The van der Waals surface area contributed by atoms with Crippen LogP contribution in [0.5, 0.6) is 5.75 Å². The quantitative estimate of drug-likeness (QED) is 0.784. The van der Waals surface area contributed by atoms with E-state index in [2.05, 4.69) is 24.9 Å². The zero-order chi connectivity index (χ0) is 10.8. The van der Waals surface area contributed by atoms with E-state index in [9.17, 15) is 5.11 Å². The van der Waals surface area contributed by atoms with Gasteiger partial charge in [0.2, 0.25) is 0 Å². The molecule has 0 unspecified atom stereocenters. The number of aromatic hydroxyl groups is 1. The average Bonchev–Trinajstić information content (AvgIpc) is 2.66. The van der Waals surface area contributed by atoms with Crippen LogP contribution < -0.4 is 0 Å². The van der Waals surface area contributed by atoms with Gasteiger partial charge in [0.15, 0.2) is 0 Å². The van der Waals surface area contributed by atoms with Gasteiger partial charge in [0.05, 0.1) is 12.3 Å². The topological polar surface area (TPSA) is 32.6 Å². The molecule has 1 N–H and O–H groups in total. The first-order valence-corrected chi connectivity index (χ1v) is 5.21. The minimum Gasteiger partial charge on any atom is -0.508 e. The van der Waals surface area contributed by atoms with Gasteiger partial charge in [0, 0.05) is 5.56 Å². The monoisotopic (exact) mass is 201 g/mol.